The minimum Gasteiger partial charge on any atom is -0.497 e. The van der Waals surface area contributed by atoms with Crippen molar-refractivity contribution >= 4 is 12.0 Å². The second kappa shape index (κ2) is 3.89. The molecular weight excluding hydrogens is 208 g/mol. The van der Waals surface area contributed by atoms with Gasteiger partial charge in [0.25, 0.3) is 0 Å². The van der Waals surface area contributed by atoms with Crippen molar-refractivity contribution < 1.29 is 19.4 Å². The van der Waals surface area contributed by atoms with Gasteiger partial charge >= 0.3 is 5.97 Å². The van der Waals surface area contributed by atoms with E-state index in [1.54, 1.807) is 31.4 Å². The van der Waals surface area contributed by atoms with Gasteiger partial charge < -0.3 is 14.6 Å². The molecule has 0 spiro atoms. The molecule has 0 saturated carbocycles. The molecule has 0 fully saturated rings. The number of aliphatic carboxylic acids is 1. The molecule has 1 unspecified atom stereocenters. The average Bonchev–Trinajstić information content (AvgIpc) is 2.71. The molecule has 4 heteroatoms. The molecular formula is C12H12O4. The molecule has 84 valence electrons. The second-order valence-corrected chi connectivity index (χ2v) is 3.51. The Kier molecular flexibility index (Phi) is 2.56. The van der Waals surface area contributed by atoms with E-state index in [-0.39, 0.29) is 0 Å². The average molecular weight is 220 g/mol. The minimum atomic E-state index is -0.876. The number of carboxylic acids is 1. The first-order valence-electron chi connectivity index (χ1n) is 4.84. The summed E-state index contributed by atoms with van der Waals surface area (Å²) in [6.07, 6.45) is 3.42. The third-order valence-electron chi connectivity index (χ3n) is 2.65. The number of hydrogen-bond donors (Lipinski definition) is 1. The van der Waals surface area contributed by atoms with Crippen LogP contribution in [0.2, 0.25) is 0 Å². The third kappa shape index (κ3) is 1.52. The van der Waals surface area contributed by atoms with E-state index >= 15 is 0 Å². The van der Waals surface area contributed by atoms with Crippen LogP contribution in [-0.2, 0) is 4.79 Å². The zero-order valence-corrected chi connectivity index (χ0v) is 9.06. The molecule has 1 aliphatic carbocycles. The fraction of sp³-hybridized carbons (Fsp3) is 0.250. The monoisotopic (exact) mass is 220 g/mol. The molecule has 1 N–H and O–H groups in total. The largest absolute Gasteiger partial charge is 0.497 e. The summed E-state index contributed by atoms with van der Waals surface area (Å²) in [5, 5.41) is 9.07. The van der Waals surface area contributed by atoms with Crippen molar-refractivity contribution in [3.8, 4) is 11.5 Å². The third-order valence-corrected chi connectivity index (χ3v) is 2.65. The normalized spacial score (nSPS) is 17.0. The first-order chi connectivity index (χ1) is 7.67. The lowest BCUT2D eigenvalue weighted by atomic mass is 9.99. The van der Waals surface area contributed by atoms with Crippen LogP contribution in [0.25, 0.3) is 6.08 Å². The smallest absolute Gasteiger partial charge is 0.315 e. The highest BCUT2D eigenvalue weighted by atomic mass is 16.5. The van der Waals surface area contributed by atoms with Gasteiger partial charge in [0, 0.05) is 11.6 Å². The molecule has 0 bridgehead atoms. The van der Waals surface area contributed by atoms with Gasteiger partial charge in [-0.05, 0) is 11.6 Å². The molecule has 1 atom stereocenters. The van der Waals surface area contributed by atoms with Crippen LogP contribution in [0.5, 0.6) is 11.5 Å². The first-order valence-corrected chi connectivity index (χ1v) is 4.84. The van der Waals surface area contributed by atoms with Crippen molar-refractivity contribution in [2.24, 2.45) is 0 Å². The van der Waals surface area contributed by atoms with Crippen LogP contribution in [0.4, 0.5) is 0 Å². The summed E-state index contributed by atoms with van der Waals surface area (Å²) in [7, 11) is 3.08. The lowest BCUT2D eigenvalue weighted by Gasteiger charge is -2.13. The number of fused-ring (bicyclic) bond motifs is 1. The number of rotatable bonds is 3. The van der Waals surface area contributed by atoms with E-state index in [0.29, 0.717) is 17.1 Å². The Labute approximate surface area is 93.1 Å². The van der Waals surface area contributed by atoms with E-state index in [0.717, 1.165) is 5.56 Å². The lowest BCUT2D eigenvalue weighted by molar-refractivity contribution is -0.137. The van der Waals surface area contributed by atoms with Crippen LogP contribution in [0.3, 0.4) is 0 Å². The maximum absolute atomic E-state index is 11.0. The molecule has 2 rings (SSSR count). The predicted molar refractivity (Wildman–Crippen MR) is 59.0 cm³/mol. The Bertz CT molecular complexity index is 462. The summed E-state index contributed by atoms with van der Waals surface area (Å²) in [6.45, 7) is 0. The summed E-state index contributed by atoms with van der Waals surface area (Å²) in [5.41, 5.74) is 1.53. The van der Waals surface area contributed by atoms with Crippen LogP contribution in [0.15, 0.2) is 18.2 Å². The van der Waals surface area contributed by atoms with Crippen molar-refractivity contribution in [3.05, 3.63) is 29.3 Å². The van der Waals surface area contributed by atoms with Crippen molar-refractivity contribution in [1.82, 2.24) is 0 Å². The van der Waals surface area contributed by atoms with E-state index < -0.39 is 11.9 Å². The molecule has 1 aliphatic rings. The maximum atomic E-state index is 11.0. The van der Waals surface area contributed by atoms with Crippen LogP contribution in [-0.4, -0.2) is 25.3 Å². The molecule has 4 nitrogen and oxygen atoms in total. The van der Waals surface area contributed by atoms with Gasteiger partial charge in [0.05, 0.1) is 14.2 Å². The Morgan fingerprint density at radius 3 is 2.62 bits per heavy atom. The highest BCUT2D eigenvalue weighted by Crippen LogP contribution is 2.40. The van der Waals surface area contributed by atoms with Gasteiger partial charge in [0.15, 0.2) is 0 Å². The zero-order valence-electron chi connectivity index (χ0n) is 9.06. The highest BCUT2D eigenvalue weighted by Gasteiger charge is 2.28. The van der Waals surface area contributed by atoms with Crippen LogP contribution < -0.4 is 9.47 Å². The summed E-state index contributed by atoms with van der Waals surface area (Å²) in [6, 6.07) is 3.50. The van der Waals surface area contributed by atoms with Crippen LogP contribution in [0.1, 0.15) is 17.0 Å². The zero-order chi connectivity index (χ0) is 11.7. The Morgan fingerprint density at radius 1 is 1.31 bits per heavy atom. The molecule has 1 aromatic carbocycles. The van der Waals surface area contributed by atoms with Gasteiger partial charge in [-0.2, -0.15) is 0 Å². The molecule has 0 saturated heterocycles. The standard InChI is InChI=1S/C12H12O4/c1-15-8-5-7-3-4-9(12(13)14)11(7)10(6-8)16-2/h3-6,9H,1-2H3,(H,13,14). The Hall–Kier alpha value is -1.97. The van der Waals surface area contributed by atoms with Crippen LogP contribution >= 0.6 is 0 Å². The molecule has 0 amide bonds. The number of methoxy groups -OCH3 is 2. The molecule has 0 aliphatic heterocycles. The van der Waals surface area contributed by atoms with E-state index in [1.165, 1.54) is 7.11 Å². The quantitative estimate of drug-likeness (QED) is 0.845. The van der Waals surface area contributed by atoms with Gasteiger partial charge in [-0.25, -0.2) is 0 Å². The maximum Gasteiger partial charge on any atom is 0.315 e. The highest BCUT2D eigenvalue weighted by molar-refractivity contribution is 5.87. The van der Waals surface area contributed by atoms with Crippen molar-refractivity contribution in [3.63, 3.8) is 0 Å². The number of ether oxygens (including phenoxy) is 2. The molecule has 0 radical (unpaired) electrons. The molecule has 0 aromatic heterocycles. The van der Waals surface area contributed by atoms with Crippen LogP contribution in [0, 0.1) is 0 Å². The predicted octanol–water partition coefficient (Wildman–Crippen LogP) is 1.90. The molecule has 1 aromatic rings. The number of carboxylic acid groups (broad SMARTS) is 1. The number of hydrogen-bond acceptors (Lipinski definition) is 3. The van der Waals surface area contributed by atoms with Gasteiger partial charge in [0.1, 0.15) is 17.4 Å². The van der Waals surface area contributed by atoms with E-state index in [2.05, 4.69) is 0 Å². The summed E-state index contributed by atoms with van der Waals surface area (Å²) >= 11 is 0. The molecule has 0 heterocycles. The SMILES string of the molecule is COc1cc2c(c(OC)c1)C(C(=O)O)C=C2. The van der Waals surface area contributed by atoms with Crippen molar-refractivity contribution in [1.29, 1.82) is 0 Å². The van der Waals surface area contributed by atoms with E-state index in [9.17, 15) is 4.79 Å². The number of carbonyl (C=O) groups is 1. The Morgan fingerprint density at radius 2 is 2.06 bits per heavy atom. The van der Waals surface area contributed by atoms with Gasteiger partial charge in [-0.1, -0.05) is 12.2 Å². The summed E-state index contributed by atoms with van der Waals surface area (Å²) in [4.78, 5) is 11.0. The van der Waals surface area contributed by atoms with Crippen molar-refractivity contribution in [2.45, 2.75) is 5.92 Å². The molecule has 16 heavy (non-hydrogen) atoms. The fourth-order valence-electron chi connectivity index (χ4n) is 1.88. The van der Waals surface area contributed by atoms with E-state index in [1.807, 2.05) is 0 Å². The van der Waals surface area contributed by atoms with Gasteiger partial charge in [0.2, 0.25) is 0 Å². The first kappa shape index (κ1) is 10.5. The van der Waals surface area contributed by atoms with Gasteiger partial charge in [-0.3, -0.25) is 4.79 Å². The van der Waals surface area contributed by atoms with Gasteiger partial charge in [-0.15, -0.1) is 0 Å². The topological polar surface area (TPSA) is 55.8 Å². The lowest BCUT2D eigenvalue weighted by Crippen LogP contribution is -2.08. The fourth-order valence-corrected chi connectivity index (χ4v) is 1.88. The number of benzene rings is 1. The van der Waals surface area contributed by atoms with E-state index in [4.69, 9.17) is 14.6 Å². The Balaban J connectivity index is 2.56. The second-order valence-electron chi connectivity index (χ2n) is 3.51. The van der Waals surface area contributed by atoms with Crippen molar-refractivity contribution in [2.75, 3.05) is 14.2 Å². The summed E-state index contributed by atoms with van der Waals surface area (Å²) in [5.74, 6) is -0.299. The minimum absolute atomic E-state index is 0.548. The summed E-state index contributed by atoms with van der Waals surface area (Å²) < 4.78 is 10.3.